The van der Waals surface area contributed by atoms with Crippen LogP contribution in [0, 0.1) is 0 Å². The second-order valence-electron chi connectivity index (χ2n) is 3.90. The van der Waals surface area contributed by atoms with Crippen LogP contribution in [0.2, 0.25) is 0 Å². The maximum Gasteiger partial charge on any atom is 0.158 e. The molecule has 18 heavy (non-hydrogen) atoms. The van der Waals surface area contributed by atoms with Crippen LogP contribution >= 0.6 is 0 Å². The van der Waals surface area contributed by atoms with Crippen molar-refractivity contribution in [1.29, 1.82) is 0 Å². The summed E-state index contributed by atoms with van der Waals surface area (Å²) in [7, 11) is -3.28. The van der Waals surface area contributed by atoms with Crippen LogP contribution in [0.5, 0.6) is 0 Å². The minimum absolute atomic E-state index is 0.145. The Balaban J connectivity index is 2.17. The summed E-state index contributed by atoms with van der Waals surface area (Å²) in [6.07, 6.45) is 1.72. The largest absolute Gasteiger partial charge is 0.395 e. The molecule has 1 aromatic carbocycles. The van der Waals surface area contributed by atoms with E-state index in [9.17, 15) is 8.42 Å². The highest BCUT2D eigenvalue weighted by Crippen LogP contribution is 2.09. The average Bonchev–Trinajstić information content (AvgIpc) is 2.77. The molecular formula is C12H14N2O3S. The normalized spacial score (nSPS) is 11.6. The molecule has 5 nitrogen and oxygen atoms in total. The van der Waals surface area contributed by atoms with Crippen LogP contribution in [0.1, 0.15) is 5.69 Å². The van der Waals surface area contributed by atoms with E-state index in [0.29, 0.717) is 5.69 Å². The van der Waals surface area contributed by atoms with Crippen LogP contribution in [0.4, 0.5) is 0 Å². The molecule has 0 bridgehead atoms. The van der Waals surface area contributed by atoms with E-state index < -0.39 is 9.84 Å². The Morgan fingerprint density at radius 3 is 2.56 bits per heavy atom. The van der Waals surface area contributed by atoms with E-state index in [1.165, 1.54) is 0 Å². The number of aliphatic hydroxyl groups is 1. The molecule has 2 aromatic rings. The molecule has 0 amide bonds. The van der Waals surface area contributed by atoms with E-state index in [1.54, 1.807) is 16.9 Å². The summed E-state index contributed by atoms with van der Waals surface area (Å²) in [5.74, 6) is -0.376. The van der Waals surface area contributed by atoms with Crippen molar-refractivity contribution < 1.29 is 13.5 Å². The molecule has 0 saturated heterocycles. The van der Waals surface area contributed by atoms with Crippen LogP contribution in [-0.4, -0.2) is 35.7 Å². The van der Waals surface area contributed by atoms with Crippen molar-refractivity contribution in [3.63, 3.8) is 0 Å². The SMILES string of the molecule is O=S(=O)(CCO)Cc1ccn(-c2ccccc2)n1. The highest BCUT2D eigenvalue weighted by molar-refractivity contribution is 7.90. The van der Waals surface area contributed by atoms with Gasteiger partial charge in [0.15, 0.2) is 9.84 Å². The zero-order valence-corrected chi connectivity index (χ0v) is 10.5. The fraction of sp³-hybridized carbons (Fsp3) is 0.250. The third-order valence-electron chi connectivity index (χ3n) is 2.44. The van der Waals surface area contributed by atoms with Gasteiger partial charge < -0.3 is 5.11 Å². The lowest BCUT2D eigenvalue weighted by atomic mass is 10.3. The highest BCUT2D eigenvalue weighted by atomic mass is 32.2. The standard InChI is InChI=1S/C12H14N2O3S/c15-8-9-18(16,17)10-11-6-7-14(13-11)12-4-2-1-3-5-12/h1-7,15H,8-10H2. The Bertz CT molecular complexity index is 605. The third kappa shape index (κ3) is 3.18. The predicted octanol–water partition coefficient (Wildman–Crippen LogP) is 0.779. The first-order valence-electron chi connectivity index (χ1n) is 5.52. The summed E-state index contributed by atoms with van der Waals surface area (Å²) in [4.78, 5) is 0. The average molecular weight is 266 g/mol. The Kier molecular flexibility index (Phi) is 3.78. The number of benzene rings is 1. The fourth-order valence-electron chi connectivity index (χ4n) is 1.60. The zero-order chi connectivity index (χ0) is 13.0. The molecule has 0 radical (unpaired) electrons. The van der Waals surface area contributed by atoms with Gasteiger partial charge in [-0.05, 0) is 18.2 Å². The van der Waals surface area contributed by atoms with E-state index in [-0.39, 0.29) is 18.1 Å². The summed E-state index contributed by atoms with van der Waals surface area (Å²) in [6, 6.07) is 11.1. The molecule has 6 heteroatoms. The number of aromatic nitrogens is 2. The van der Waals surface area contributed by atoms with Gasteiger partial charge in [-0.3, -0.25) is 0 Å². The number of sulfone groups is 1. The van der Waals surface area contributed by atoms with Gasteiger partial charge in [0.25, 0.3) is 0 Å². The number of hydrogen-bond donors (Lipinski definition) is 1. The minimum Gasteiger partial charge on any atom is -0.395 e. The van der Waals surface area contributed by atoms with Crippen LogP contribution in [-0.2, 0) is 15.6 Å². The summed E-state index contributed by atoms with van der Waals surface area (Å²) >= 11 is 0. The number of aliphatic hydroxyl groups excluding tert-OH is 1. The van der Waals surface area contributed by atoms with Crippen molar-refractivity contribution in [2.24, 2.45) is 0 Å². The Morgan fingerprint density at radius 2 is 1.89 bits per heavy atom. The molecule has 0 unspecified atom stereocenters. The summed E-state index contributed by atoms with van der Waals surface area (Å²) in [5.41, 5.74) is 1.36. The predicted molar refractivity (Wildman–Crippen MR) is 68.1 cm³/mol. The van der Waals surface area contributed by atoms with Crippen molar-refractivity contribution in [3.8, 4) is 5.69 Å². The number of rotatable bonds is 5. The first-order chi connectivity index (χ1) is 8.61. The molecule has 96 valence electrons. The lowest BCUT2D eigenvalue weighted by Gasteiger charge is -2.01. The smallest absolute Gasteiger partial charge is 0.158 e. The van der Waals surface area contributed by atoms with E-state index in [1.807, 2.05) is 30.3 Å². The second kappa shape index (κ2) is 5.32. The molecule has 0 aliphatic rings. The van der Waals surface area contributed by atoms with Gasteiger partial charge >= 0.3 is 0 Å². The molecule has 1 aromatic heterocycles. The molecule has 0 spiro atoms. The van der Waals surface area contributed by atoms with Gasteiger partial charge in [-0.25, -0.2) is 13.1 Å². The lowest BCUT2D eigenvalue weighted by molar-refractivity contribution is 0.319. The molecular weight excluding hydrogens is 252 g/mol. The van der Waals surface area contributed by atoms with Gasteiger partial charge in [0.1, 0.15) is 0 Å². The lowest BCUT2D eigenvalue weighted by Crippen LogP contribution is -2.12. The van der Waals surface area contributed by atoms with Gasteiger partial charge in [-0.15, -0.1) is 0 Å². The summed E-state index contributed by atoms with van der Waals surface area (Å²) in [5, 5.41) is 12.9. The molecule has 0 atom stereocenters. The van der Waals surface area contributed by atoms with Crippen molar-refractivity contribution in [3.05, 3.63) is 48.3 Å². The fourth-order valence-corrected chi connectivity index (χ4v) is 2.63. The summed E-state index contributed by atoms with van der Waals surface area (Å²) < 4.78 is 24.7. The van der Waals surface area contributed by atoms with Gasteiger partial charge in [0, 0.05) is 6.20 Å². The molecule has 2 rings (SSSR count). The summed E-state index contributed by atoms with van der Waals surface area (Å²) in [6.45, 7) is -0.359. The number of para-hydroxylation sites is 1. The topological polar surface area (TPSA) is 72.2 Å². The number of hydrogen-bond acceptors (Lipinski definition) is 4. The molecule has 0 fully saturated rings. The van der Waals surface area contributed by atoms with Gasteiger partial charge in [-0.2, -0.15) is 5.10 Å². The van der Waals surface area contributed by atoms with Crippen LogP contribution < -0.4 is 0 Å². The van der Waals surface area contributed by atoms with Crippen molar-refractivity contribution >= 4 is 9.84 Å². The maximum atomic E-state index is 11.5. The van der Waals surface area contributed by atoms with E-state index in [4.69, 9.17) is 5.11 Å². The van der Waals surface area contributed by atoms with Crippen LogP contribution in [0.3, 0.4) is 0 Å². The van der Waals surface area contributed by atoms with E-state index in [0.717, 1.165) is 5.69 Å². The molecule has 0 aliphatic heterocycles. The van der Waals surface area contributed by atoms with Gasteiger partial charge in [0.2, 0.25) is 0 Å². The van der Waals surface area contributed by atoms with Crippen molar-refractivity contribution in [2.45, 2.75) is 5.75 Å². The van der Waals surface area contributed by atoms with Crippen molar-refractivity contribution in [2.75, 3.05) is 12.4 Å². The first kappa shape index (κ1) is 12.8. The first-order valence-corrected chi connectivity index (χ1v) is 7.34. The third-order valence-corrected chi connectivity index (χ3v) is 3.98. The van der Waals surface area contributed by atoms with E-state index in [2.05, 4.69) is 5.10 Å². The minimum atomic E-state index is -3.28. The van der Waals surface area contributed by atoms with Crippen molar-refractivity contribution in [1.82, 2.24) is 9.78 Å². The van der Waals surface area contributed by atoms with Gasteiger partial charge in [0.05, 0.1) is 29.5 Å². The second-order valence-corrected chi connectivity index (χ2v) is 6.09. The molecule has 0 aliphatic carbocycles. The van der Waals surface area contributed by atoms with E-state index >= 15 is 0 Å². The molecule has 0 saturated carbocycles. The monoisotopic (exact) mass is 266 g/mol. The maximum absolute atomic E-state index is 11.5. The Morgan fingerprint density at radius 1 is 1.17 bits per heavy atom. The highest BCUT2D eigenvalue weighted by Gasteiger charge is 2.13. The van der Waals surface area contributed by atoms with Crippen LogP contribution in [0.15, 0.2) is 42.6 Å². The number of nitrogens with zero attached hydrogens (tertiary/aromatic N) is 2. The van der Waals surface area contributed by atoms with Gasteiger partial charge in [-0.1, -0.05) is 18.2 Å². The molecule has 1 heterocycles. The Hall–Kier alpha value is -1.66. The quantitative estimate of drug-likeness (QED) is 0.868. The Labute approximate surface area is 106 Å². The zero-order valence-electron chi connectivity index (χ0n) is 9.73. The molecule has 1 N–H and O–H groups in total. The van der Waals surface area contributed by atoms with Crippen LogP contribution in [0.25, 0.3) is 5.69 Å².